The molecule has 1 amide bonds. The molecular formula is C11H23ClN2O2. The Morgan fingerprint density at radius 1 is 1.56 bits per heavy atom. The maximum atomic E-state index is 11.3. The number of amides is 1. The Labute approximate surface area is 104 Å². The Morgan fingerprint density at radius 2 is 2.38 bits per heavy atom. The molecule has 1 fully saturated rings. The fraction of sp³-hybridized carbons (Fsp3) is 0.909. The van der Waals surface area contributed by atoms with Crippen molar-refractivity contribution in [3.05, 3.63) is 0 Å². The SMILES string of the molecule is CCOCCC(=O)NCC[C@H]1CCCN1.Cl. The van der Waals surface area contributed by atoms with Gasteiger partial charge in [-0.15, -0.1) is 12.4 Å². The van der Waals surface area contributed by atoms with E-state index in [0.717, 1.165) is 19.5 Å². The Bertz CT molecular complexity index is 185. The summed E-state index contributed by atoms with van der Waals surface area (Å²) in [5.74, 6) is 0.0986. The minimum Gasteiger partial charge on any atom is -0.381 e. The van der Waals surface area contributed by atoms with Crippen LogP contribution in [0.3, 0.4) is 0 Å². The highest BCUT2D eigenvalue weighted by Crippen LogP contribution is 2.07. The molecule has 1 heterocycles. The molecule has 96 valence electrons. The molecule has 0 bridgehead atoms. The Hall–Kier alpha value is -0.320. The number of hydrogen-bond acceptors (Lipinski definition) is 3. The van der Waals surface area contributed by atoms with Crippen molar-refractivity contribution in [3.63, 3.8) is 0 Å². The van der Waals surface area contributed by atoms with Gasteiger partial charge < -0.3 is 15.4 Å². The van der Waals surface area contributed by atoms with E-state index in [4.69, 9.17) is 4.74 Å². The molecule has 1 rings (SSSR count). The van der Waals surface area contributed by atoms with Gasteiger partial charge in [-0.3, -0.25) is 4.79 Å². The van der Waals surface area contributed by atoms with Gasteiger partial charge in [-0.05, 0) is 32.7 Å². The normalized spacial score (nSPS) is 19.2. The van der Waals surface area contributed by atoms with Gasteiger partial charge in [-0.1, -0.05) is 0 Å². The van der Waals surface area contributed by atoms with Crippen molar-refractivity contribution in [1.82, 2.24) is 10.6 Å². The standard InChI is InChI=1S/C11H22N2O2.ClH/c1-2-15-9-6-11(14)13-8-5-10-4-3-7-12-10;/h10,12H,2-9H2,1H3,(H,13,14);1H/t10-;/m1./s1. The summed E-state index contributed by atoms with van der Waals surface area (Å²) < 4.78 is 5.11. The van der Waals surface area contributed by atoms with E-state index in [-0.39, 0.29) is 18.3 Å². The van der Waals surface area contributed by atoms with Gasteiger partial charge in [0.15, 0.2) is 0 Å². The van der Waals surface area contributed by atoms with Crippen LogP contribution in [-0.2, 0) is 9.53 Å². The lowest BCUT2D eigenvalue weighted by Crippen LogP contribution is -2.31. The van der Waals surface area contributed by atoms with Crippen molar-refractivity contribution in [2.45, 2.75) is 38.6 Å². The van der Waals surface area contributed by atoms with Gasteiger partial charge in [0.1, 0.15) is 0 Å². The first kappa shape index (κ1) is 15.7. The molecule has 0 aromatic heterocycles. The predicted octanol–water partition coefficient (Wildman–Crippen LogP) is 1.09. The third-order valence-electron chi connectivity index (χ3n) is 2.65. The molecule has 16 heavy (non-hydrogen) atoms. The average molecular weight is 251 g/mol. The molecule has 0 aliphatic carbocycles. The zero-order valence-electron chi connectivity index (χ0n) is 9.96. The molecule has 4 nitrogen and oxygen atoms in total. The second kappa shape index (κ2) is 9.87. The van der Waals surface area contributed by atoms with E-state index in [1.165, 1.54) is 12.8 Å². The van der Waals surface area contributed by atoms with E-state index in [9.17, 15) is 4.79 Å². The highest BCUT2D eigenvalue weighted by atomic mass is 35.5. The van der Waals surface area contributed by atoms with Gasteiger partial charge in [-0.25, -0.2) is 0 Å². The van der Waals surface area contributed by atoms with Crippen LogP contribution in [0.25, 0.3) is 0 Å². The molecule has 2 N–H and O–H groups in total. The number of ether oxygens (including phenoxy) is 1. The Balaban J connectivity index is 0.00000225. The Kier molecular flexibility index (Phi) is 9.68. The third-order valence-corrected chi connectivity index (χ3v) is 2.65. The molecule has 0 saturated carbocycles. The molecule has 0 aromatic carbocycles. The smallest absolute Gasteiger partial charge is 0.222 e. The van der Waals surface area contributed by atoms with E-state index in [2.05, 4.69) is 10.6 Å². The molecule has 0 unspecified atom stereocenters. The second-order valence-corrected chi connectivity index (χ2v) is 3.88. The number of halogens is 1. The summed E-state index contributed by atoms with van der Waals surface area (Å²) in [4.78, 5) is 11.3. The largest absolute Gasteiger partial charge is 0.381 e. The number of nitrogens with one attached hydrogen (secondary N) is 2. The van der Waals surface area contributed by atoms with Crippen LogP contribution in [0.2, 0.25) is 0 Å². The topological polar surface area (TPSA) is 50.4 Å². The zero-order valence-corrected chi connectivity index (χ0v) is 10.8. The molecule has 0 aromatic rings. The van der Waals surface area contributed by atoms with Crippen LogP contribution >= 0.6 is 12.4 Å². The molecular weight excluding hydrogens is 228 g/mol. The summed E-state index contributed by atoms with van der Waals surface area (Å²) >= 11 is 0. The van der Waals surface area contributed by atoms with Gasteiger partial charge in [-0.2, -0.15) is 0 Å². The lowest BCUT2D eigenvalue weighted by Gasteiger charge is -2.10. The van der Waals surface area contributed by atoms with Crippen molar-refractivity contribution < 1.29 is 9.53 Å². The van der Waals surface area contributed by atoms with Gasteiger partial charge in [0.05, 0.1) is 6.61 Å². The van der Waals surface area contributed by atoms with Crippen LogP contribution < -0.4 is 10.6 Å². The van der Waals surface area contributed by atoms with E-state index in [0.29, 0.717) is 25.7 Å². The molecule has 0 radical (unpaired) electrons. The van der Waals surface area contributed by atoms with Crippen LogP contribution in [0, 0.1) is 0 Å². The van der Waals surface area contributed by atoms with E-state index in [1.807, 2.05) is 6.92 Å². The summed E-state index contributed by atoms with van der Waals surface area (Å²) in [6, 6.07) is 0.609. The first-order valence-corrected chi connectivity index (χ1v) is 5.90. The lowest BCUT2D eigenvalue weighted by molar-refractivity contribution is -0.122. The highest BCUT2D eigenvalue weighted by Gasteiger charge is 2.13. The monoisotopic (exact) mass is 250 g/mol. The Morgan fingerprint density at radius 3 is 3.00 bits per heavy atom. The van der Waals surface area contributed by atoms with Crippen LogP contribution in [-0.4, -0.2) is 38.3 Å². The summed E-state index contributed by atoms with van der Waals surface area (Å²) in [6.07, 6.45) is 4.03. The van der Waals surface area contributed by atoms with Crippen molar-refractivity contribution in [1.29, 1.82) is 0 Å². The number of hydrogen-bond donors (Lipinski definition) is 2. The zero-order chi connectivity index (χ0) is 10.9. The van der Waals surface area contributed by atoms with Crippen molar-refractivity contribution >= 4 is 18.3 Å². The fourth-order valence-corrected chi connectivity index (χ4v) is 1.79. The van der Waals surface area contributed by atoms with Gasteiger partial charge >= 0.3 is 0 Å². The first-order valence-electron chi connectivity index (χ1n) is 5.90. The molecule has 1 saturated heterocycles. The summed E-state index contributed by atoms with van der Waals surface area (Å²) in [5.41, 5.74) is 0. The first-order chi connectivity index (χ1) is 7.33. The lowest BCUT2D eigenvalue weighted by atomic mass is 10.1. The van der Waals surface area contributed by atoms with Crippen LogP contribution in [0.5, 0.6) is 0 Å². The number of rotatable bonds is 7. The average Bonchev–Trinajstić information content (AvgIpc) is 2.71. The van der Waals surface area contributed by atoms with Gasteiger partial charge in [0.2, 0.25) is 5.91 Å². The van der Waals surface area contributed by atoms with Gasteiger partial charge in [0, 0.05) is 25.6 Å². The van der Waals surface area contributed by atoms with E-state index in [1.54, 1.807) is 0 Å². The predicted molar refractivity (Wildman–Crippen MR) is 67.0 cm³/mol. The molecule has 1 aliphatic rings. The minimum absolute atomic E-state index is 0. The quantitative estimate of drug-likeness (QED) is 0.666. The second-order valence-electron chi connectivity index (χ2n) is 3.88. The van der Waals surface area contributed by atoms with Crippen molar-refractivity contribution in [2.75, 3.05) is 26.3 Å². The maximum absolute atomic E-state index is 11.3. The summed E-state index contributed by atoms with van der Waals surface area (Å²) in [7, 11) is 0. The molecule has 0 spiro atoms. The fourth-order valence-electron chi connectivity index (χ4n) is 1.79. The highest BCUT2D eigenvalue weighted by molar-refractivity contribution is 5.85. The summed E-state index contributed by atoms with van der Waals surface area (Å²) in [6.45, 7) is 5.05. The van der Waals surface area contributed by atoms with Crippen molar-refractivity contribution in [2.24, 2.45) is 0 Å². The third kappa shape index (κ3) is 7.04. The number of carbonyl (C=O) groups is 1. The van der Waals surface area contributed by atoms with E-state index >= 15 is 0 Å². The van der Waals surface area contributed by atoms with Crippen molar-refractivity contribution in [3.8, 4) is 0 Å². The molecule has 5 heteroatoms. The molecule has 1 atom stereocenters. The summed E-state index contributed by atoms with van der Waals surface area (Å²) in [5, 5.41) is 6.32. The molecule has 1 aliphatic heterocycles. The van der Waals surface area contributed by atoms with Crippen LogP contribution in [0.4, 0.5) is 0 Å². The maximum Gasteiger partial charge on any atom is 0.222 e. The minimum atomic E-state index is 0. The number of carbonyl (C=O) groups excluding carboxylic acids is 1. The van der Waals surface area contributed by atoms with Crippen LogP contribution in [0.15, 0.2) is 0 Å². The van der Waals surface area contributed by atoms with E-state index < -0.39 is 0 Å². The van der Waals surface area contributed by atoms with Crippen LogP contribution in [0.1, 0.15) is 32.6 Å². The van der Waals surface area contributed by atoms with Gasteiger partial charge in [0.25, 0.3) is 0 Å².